The maximum atomic E-state index is 11.9. The first-order valence-corrected chi connectivity index (χ1v) is 6.00. The normalized spacial score (nSPS) is 9.67. The number of amides is 2. The van der Waals surface area contributed by atoms with E-state index in [2.05, 4.69) is 16.0 Å². The number of anilines is 1. The third kappa shape index (κ3) is 4.08. The van der Waals surface area contributed by atoms with Crippen molar-refractivity contribution in [2.45, 2.75) is 13.3 Å². The monoisotopic (exact) mass is 249 g/mol. The molecule has 0 fully saturated rings. The summed E-state index contributed by atoms with van der Waals surface area (Å²) in [5.41, 5.74) is 1.27. The summed E-state index contributed by atoms with van der Waals surface area (Å²) in [5, 5.41) is 8.23. The molecule has 98 valence electrons. The Kier molecular flexibility index (Phi) is 5.70. The minimum Gasteiger partial charge on any atom is -0.387 e. The second kappa shape index (κ2) is 7.32. The van der Waals surface area contributed by atoms with Gasteiger partial charge in [-0.15, -0.1) is 0 Å². The van der Waals surface area contributed by atoms with E-state index in [4.69, 9.17) is 0 Å². The Morgan fingerprint density at radius 1 is 1.17 bits per heavy atom. The van der Waals surface area contributed by atoms with E-state index >= 15 is 0 Å². The van der Waals surface area contributed by atoms with E-state index in [1.54, 1.807) is 19.2 Å². The van der Waals surface area contributed by atoms with E-state index in [1.165, 1.54) is 0 Å². The maximum Gasteiger partial charge on any atom is 0.253 e. The molecule has 0 aromatic heterocycles. The third-order valence-corrected chi connectivity index (χ3v) is 2.42. The zero-order valence-electron chi connectivity index (χ0n) is 10.7. The van der Waals surface area contributed by atoms with Crippen molar-refractivity contribution in [3.8, 4) is 0 Å². The van der Waals surface area contributed by atoms with Gasteiger partial charge in [0.15, 0.2) is 0 Å². The van der Waals surface area contributed by atoms with Gasteiger partial charge in [0.1, 0.15) is 0 Å². The summed E-state index contributed by atoms with van der Waals surface area (Å²) in [4.78, 5) is 23.2. The Morgan fingerprint density at radius 2 is 1.89 bits per heavy atom. The van der Waals surface area contributed by atoms with Crippen LogP contribution in [0.2, 0.25) is 0 Å². The Balaban J connectivity index is 2.52. The van der Waals surface area contributed by atoms with Crippen molar-refractivity contribution in [3.05, 3.63) is 29.8 Å². The second-order valence-corrected chi connectivity index (χ2v) is 3.83. The van der Waals surface area contributed by atoms with Gasteiger partial charge in [-0.2, -0.15) is 0 Å². The Hall–Kier alpha value is -2.04. The molecule has 2 amide bonds. The fraction of sp³-hybridized carbons (Fsp3) is 0.385. The molecule has 5 heteroatoms. The minimum atomic E-state index is -0.258. The van der Waals surface area contributed by atoms with Crippen molar-refractivity contribution < 1.29 is 9.59 Å². The lowest BCUT2D eigenvalue weighted by Gasteiger charge is -2.09. The van der Waals surface area contributed by atoms with Crippen LogP contribution in [0.25, 0.3) is 0 Å². The average Bonchev–Trinajstić information content (AvgIpc) is 2.42. The van der Waals surface area contributed by atoms with E-state index in [0.29, 0.717) is 12.1 Å². The van der Waals surface area contributed by atoms with Crippen LogP contribution in [0.15, 0.2) is 24.3 Å². The van der Waals surface area contributed by atoms with Gasteiger partial charge in [0.05, 0.1) is 12.1 Å². The summed E-state index contributed by atoms with van der Waals surface area (Å²) in [6.45, 7) is 2.60. The van der Waals surface area contributed by atoms with Crippen molar-refractivity contribution in [1.82, 2.24) is 10.6 Å². The first-order valence-electron chi connectivity index (χ1n) is 6.00. The summed E-state index contributed by atoms with van der Waals surface area (Å²) < 4.78 is 0. The van der Waals surface area contributed by atoms with Crippen LogP contribution in [0.3, 0.4) is 0 Å². The number of carbonyl (C=O) groups is 2. The molecule has 0 saturated heterocycles. The molecule has 0 aliphatic rings. The fourth-order valence-corrected chi connectivity index (χ4v) is 1.48. The topological polar surface area (TPSA) is 70.2 Å². The zero-order chi connectivity index (χ0) is 13.4. The number of benzene rings is 1. The van der Waals surface area contributed by atoms with E-state index < -0.39 is 0 Å². The van der Waals surface area contributed by atoms with Crippen LogP contribution in [-0.4, -0.2) is 32.0 Å². The van der Waals surface area contributed by atoms with E-state index in [9.17, 15) is 9.59 Å². The van der Waals surface area contributed by atoms with Gasteiger partial charge < -0.3 is 16.0 Å². The van der Waals surface area contributed by atoms with Crippen LogP contribution in [-0.2, 0) is 4.79 Å². The van der Waals surface area contributed by atoms with Gasteiger partial charge in [0, 0.05) is 19.3 Å². The number of carbonyl (C=O) groups excluding carboxylic acids is 2. The number of hydrogen-bond acceptors (Lipinski definition) is 3. The molecule has 3 N–H and O–H groups in total. The lowest BCUT2D eigenvalue weighted by molar-refractivity contribution is -0.120. The summed E-state index contributed by atoms with van der Waals surface area (Å²) >= 11 is 0. The largest absolute Gasteiger partial charge is 0.387 e. The number of rotatable bonds is 6. The Morgan fingerprint density at radius 3 is 2.56 bits per heavy atom. The molecule has 5 nitrogen and oxygen atoms in total. The van der Waals surface area contributed by atoms with Crippen LogP contribution in [0, 0.1) is 0 Å². The lowest BCUT2D eigenvalue weighted by atomic mass is 10.1. The Labute approximate surface area is 107 Å². The third-order valence-electron chi connectivity index (χ3n) is 2.42. The molecular weight excluding hydrogens is 230 g/mol. The number of nitrogens with one attached hydrogen (secondary N) is 3. The van der Waals surface area contributed by atoms with Crippen molar-refractivity contribution in [1.29, 1.82) is 0 Å². The molecule has 0 aliphatic carbocycles. The molecule has 18 heavy (non-hydrogen) atoms. The van der Waals surface area contributed by atoms with E-state index in [1.807, 2.05) is 19.1 Å². The van der Waals surface area contributed by atoms with Crippen molar-refractivity contribution >= 4 is 17.5 Å². The quantitative estimate of drug-likeness (QED) is 0.704. The van der Waals surface area contributed by atoms with Crippen LogP contribution >= 0.6 is 0 Å². The molecule has 0 atom stereocenters. The van der Waals surface area contributed by atoms with Gasteiger partial charge >= 0.3 is 0 Å². The van der Waals surface area contributed by atoms with Crippen LogP contribution in [0.4, 0.5) is 5.69 Å². The van der Waals surface area contributed by atoms with Crippen molar-refractivity contribution in [2.75, 3.05) is 25.5 Å². The van der Waals surface area contributed by atoms with Crippen LogP contribution in [0.1, 0.15) is 23.7 Å². The lowest BCUT2D eigenvalue weighted by Crippen LogP contribution is -2.37. The molecule has 0 spiro atoms. The number of hydrogen-bond donors (Lipinski definition) is 3. The first kappa shape index (κ1) is 14.0. The average molecular weight is 249 g/mol. The zero-order valence-corrected chi connectivity index (χ0v) is 10.7. The smallest absolute Gasteiger partial charge is 0.253 e. The minimum absolute atomic E-state index is 0.00309. The second-order valence-electron chi connectivity index (χ2n) is 3.83. The highest BCUT2D eigenvalue weighted by molar-refractivity contribution is 6.01. The highest BCUT2D eigenvalue weighted by Crippen LogP contribution is 2.13. The fourth-order valence-electron chi connectivity index (χ4n) is 1.48. The highest BCUT2D eigenvalue weighted by atomic mass is 16.2. The van der Waals surface area contributed by atoms with E-state index in [-0.39, 0.29) is 18.4 Å². The summed E-state index contributed by atoms with van der Waals surface area (Å²) in [6.07, 6.45) is 0.877. The van der Waals surface area contributed by atoms with Gasteiger partial charge in [-0.05, 0) is 18.6 Å². The predicted molar refractivity (Wildman–Crippen MR) is 71.6 cm³/mol. The van der Waals surface area contributed by atoms with Gasteiger partial charge in [0.25, 0.3) is 5.91 Å². The molecule has 1 rings (SSSR count). The van der Waals surface area contributed by atoms with Crippen LogP contribution in [0.5, 0.6) is 0 Å². The standard InChI is InChI=1S/C13H19N3O2/c1-3-8-15-12(17)9-16-13(18)10-6-4-5-7-11(10)14-2/h4-7,14H,3,8-9H2,1-2H3,(H,15,17)(H,16,18). The molecule has 0 unspecified atom stereocenters. The van der Waals surface area contributed by atoms with Crippen LogP contribution < -0.4 is 16.0 Å². The molecule has 0 bridgehead atoms. The SMILES string of the molecule is CCCNC(=O)CNC(=O)c1ccccc1NC. The molecule has 0 radical (unpaired) electrons. The number of para-hydroxylation sites is 1. The molecule has 0 heterocycles. The van der Waals surface area contributed by atoms with E-state index in [0.717, 1.165) is 12.1 Å². The van der Waals surface area contributed by atoms with Gasteiger partial charge in [-0.3, -0.25) is 9.59 Å². The maximum absolute atomic E-state index is 11.9. The summed E-state index contributed by atoms with van der Waals surface area (Å²) in [6, 6.07) is 7.15. The molecule has 1 aromatic carbocycles. The summed E-state index contributed by atoms with van der Waals surface area (Å²) in [7, 11) is 1.75. The van der Waals surface area contributed by atoms with Gasteiger partial charge in [-0.1, -0.05) is 19.1 Å². The predicted octanol–water partition coefficient (Wildman–Crippen LogP) is 0.984. The molecular formula is C13H19N3O2. The first-order chi connectivity index (χ1) is 8.69. The molecule has 0 saturated carbocycles. The van der Waals surface area contributed by atoms with Gasteiger partial charge in [-0.25, -0.2) is 0 Å². The molecule has 0 aliphatic heterocycles. The Bertz CT molecular complexity index is 418. The highest BCUT2D eigenvalue weighted by Gasteiger charge is 2.10. The van der Waals surface area contributed by atoms with Crippen molar-refractivity contribution in [2.24, 2.45) is 0 Å². The van der Waals surface area contributed by atoms with Gasteiger partial charge in [0.2, 0.25) is 5.91 Å². The molecule has 1 aromatic rings. The van der Waals surface area contributed by atoms with Crippen molar-refractivity contribution in [3.63, 3.8) is 0 Å². The summed E-state index contributed by atoms with van der Waals surface area (Å²) in [5.74, 6) is -0.432.